The first-order valence-corrected chi connectivity index (χ1v) is 3.99. The van der Waals surface area contributed by atoms with E-state index in [1.165, 1.54) is 12.8 Å². The van der Waals surface area contributed by atoms with Gasteiger partial charge in [0, 0.05) is 12.5 Å². The molecule has 0 bridgehead atoms. The quantitative estimate of drug-likeness (QED) is 0.539. The zero-order valence-electron chi connectivity index (χ0n) is 6.56. The van der Waals surface area contributed by atoms with Crippen LogP contribution in [0.2, 0.25) is 0 Å². The molecule has 0 aromatic carbocycles. The van der Waals surface area contributed by atoms with Crippen LogP contribution in [-0.4, -0.2) is 12.6 Å². The summed E-state index contributed by atoms with van der Waals surface area (Å²) in [5.74, 6) is 3.56. The molecule has 0 aromatic heterocycles. The number of terminal acetylenes is 1. The van der Waals surface area contributed by atoms with Crippen LogP contribution in [0.4, 0.5) is 0 Å². The molecule has 1 aliphatic heterocycles. The van der Waals surface area contributed by atoms with Crippen molar-refractivity contribution < 1.29 is 0 Å². The standard InChI is InChI=1S/C9H15N/c1-3-4-9-7-8(2)5-6-10-9/h1,8-10H,4-7H2,2H3. The molecule has 1 rings (SSSR count). The maximum absolute atomic E-state index is 5.21. The Morgan fingerprint density at radius 2 is 2.50 bits per heavy atom. The topological polar surface area (TPSA) is 12.0 Å². The first-order chi connectivity index (χ1) is 4.83. The Morgan fingerprint density at radius 1 is 1.70 bits per heavy atom. The van der Waals surface area contributed by atoms with Crippen LogP contribution in [0.1, 0.15) is 26.2 Å². The lowest BCUT2D eigenvalue weighted by Gasteiger charge is -2.26. The molecule has 10 heavy (non-hydrogen) atoms. The van der Waals surface area contributed by atoms with E-state index in [-0.39, 0.29) is 0 Å². The predicted octanol–water partition coefficient (Wildman–Crippen LogP) is 1.40. The predicted molar refractivity (Wildman–Crippen MR) is 43.6 cm³/mol. The third-order valence-corrected chi connectivity index (χ3v) is 2.12. The first-order valence-electron chi connectivity index (χ1n) is 3.99. The highest BCUT2D eigenvalue weighted by atomic mass is 14.9. The van der Waals surface area contributed by atoms with E-state index in [1.807, 2.05) is 0 Å². The van der Waals surface area contributed by atoms with Gasteiger partial charge in [0.05, 0.1) is 0 Å². The molecular weight excluding hydrogens is 122 g/mol. The largest absolute Gasteiger partial charge is 0.313 e. The molecule has 1 aliphatic rings. The van der Waals surface area contributed by atoms with Gasteiger partial charge in [-0.15, -0.1) is 12.3 Å². The van der Waals surface area contributed by atoms with Crippen molar-refractivity contribution in [3.63, 3.8) is 0 Å². The van der Waals surface area contributed by atoms with Crippen LogP contribution in [0.15, 0.2) is 0 Å². The smallest absolute Gasteiger partial charge is 0.0240 e. The van der Waals surface area contributed by atoms with Crippen LogP contribution < -0.4 is 5.32 Å². The van der Waals surface area contributed by atoms with E-state index in [9.17, 15) is 0 Å². The zero-order chi connectivity index (χ0) is 7.40. The highest BCUT2D eigenvalue weighted by molar-refractivity contribution is 4.91. The normalized spacial score (nSPS) is 33.2. The molecule has 0 spiro atoms. The molecule has 0 saturated carbocycles. The maximum atomic E-state index is 5.21. The molecule has 0 radical (unpaired) electrons. The molecule has 0 aromatic rings. The minimum Gasteiger partial charge on any atom is -0.313 e. The summed E-state index contributed by atoms with van der Waals surface area (Å²) in [6, 6.07) is 0.591. The lowest BCUT2D eigenvalue weighted by molar-refractivity contribution is 0.323. The fourth-order valence-corrected chi connectivity index (χ4v) is 1.52. The van der Waals surface area contributed by atoms with Crippen LogP contribution >= 0.6 is 0 Å². The summed E-state index contributed by atoms with van der Waals surface area (Å²) in [6.07, 6.45) is 8.67. The Labute approximate surface area is 63.2 Å². The summed E-state index contributed by atoms with van der Waals surface area (Å²) in [6.45, 7) is 3.44. The Morgan fingerprint density at radius 3 is 3.10 bits per heavy atom. The lowest BCUT2D eigenvalue weighted by Crippen LogP contribution is -2.36. The van der Waals surface area contributed by atoms with E-state index >= 15 is 0 Å². The van der Waals surface area contributed by atoms with Crippen LogP contribution in [0.5, 0.6) is 0 Å². The molecule has 1 N–H and O–H groups in total. The van der Waals surface area contributed by atoms with Gasteiger partial charge in [-0.2, -0.15) is 0 Å². The average Bonchev–Trinajstić information content (AvgIpc) is 1.88. The van der Waals surface area contributed by atoms with Crippen LogP contribution in [-0.2, 0) is 0 Å². The van der Waals surface area contributed by atoms with Crippen molar-refractivity contribution in [1.82, 2.24) is 5.32 Å². The van der Waals surface area contributed by atoms with Gasteiger partial charge in [-0.3, -0.25) is 0 Å². The molecule has 1 saturated heterocycles. The summed E-state index contributed by atoms with van der Waals surface area (Å²) in [5, 5.41) is 3.41. The molecule has 0 amide bonds. The minimum atomic E-state index is 0.591. The van der Waals surface area contributed by atoms with Crippen molar-refractivity contribution >= 4 is 0 Å². The van der Waals surface area contributed by atoms with Crippen LogP contribution in [0.3, 0.4) is 0 Å². The molecule has 56 valence electrons. The lowest BCUT2D eigenvalue weighted by atomic mass is 9.93. The van der Waals surface area contributed by atoms with Crippen molar-refractivity contribution in [3.8, 4) is 12.3 Å². The van der Waals surface area contributed by atoms with Gasteiger partial charge in [0.15, 0.2) is 0 Å². The second kappa shape index (κ2) is 3.63. The Hall–Kier alpha value is -0.480. The minimum absolute atomic E-state index is 0.591. The van der Waals surface area contributed by atoms with Gasteiger partial charge in [-0.25, -0.2) is 0 Å². The Balaban J connectivity index is 2.27. The molecule has 1 heterocycles. The Kier molecular flexibility index (Phi) is 2.77. The van der Waals surface area contributed by atoms with Gasteiger partial charge in [0.25, 0.3) is 0 Å². The molecule has 1 fully saturated rings. The number of hydrogen-bond donors (Lipinski definition) is 1. The van der Waals surface area contributed by atoms with Gasteiger partial charge >= 0.3 is 0 Å². The van der Waals surface area contributed by atoms with E-state index in [4.69, 9.17) is 6.42 Å². The van der Waals surface area contributed by atoms with Crippen molar-refractivity contribution in [2.24, 2.45) is 5.92 Å². The molecule has 2 unspecified atom stereocenters. The summed E-state index contributed by atoms with van der Waals surface area (Å²) in [4.78, 5) is 0. The molecule has 1 heteroatoms. The zero-order valence-corrected chi connectivity index (χ0v) is 6.56. The van der Waals surface area contributed by atoms with E-state index in [0.717, 1.165) is 18.9 Å². The van der Waals surface area contributed by atoms with Crippen molar-refractivity contribution in [2.45, 2.75) is 32.2 Å². The van der Waals surface area contributed by atoms with Gasteiger partial charge < -0.3 is 5.32 Å². The number of nitrogens with one attached hydrogen (secondary N) is 1. The van der Waals surface area contributed by atoms with Gasteiger partial charge in [-0.05, 0) is 25.3 Å². The van der Waals surface area contributed by atoms with Crippen molar-refractivity contribution in [3.05, 3.63) is 0 Å². The molecule has 2 atom stereocenters. The van der Waals surface area contributed by atoms with Gasteiger partial charge in [-0.1, -0.05) is 6.92 Å². The summed E-state index contributed by atoms with van der Waals surface area (Å²) < 4.78 is 0. The van der Waals surface area contributed by atoms with E-state index in [0.29, 0.717) is 6.04 Å². The van der Waals surface area contributed by atoms with Crippen molar-refractivity contribution in [1.29, 1.82) is 0 Å². The Bertz CT molecular complexity index is 134. The van der Waals surface area contributed by atoms with E-state index in [2.05, 4.69) is 18.2 Å². The highest BCUT2D eigenvalue weighted by Gasteiger charge is 2.16. The monoisotopic (exact) mass is 137 g/mol. The number of hydrogen-bond acceptors (Lipinski definition) is 1. The maximum Gasteiger partial charge on any atom is 0.0240 e. The SMILES string of the molecule is C#CCC1CC(C)CCN1. The average molecular weight is 137 g/mol. The number of piperidine rings is 1. The first kappa shape index (κ1) is 7.63. The van der Waals surface area contributed by atoms with E-state index in [1.54, 1.807) is 0 Å². The highest BCUT2D eigenvalue weighted by Crippen LogP contribution is 2.16. The van der Waals surface area contributed by atoms with Gasteiger partial charge in [0.1, 0.15) is 0 Å². The van der Waals surface area contributed by atoms with Crippen LogP contribution in [0.25, 0.3) is 0 Å². The summed E-state index contributed by atoms with van der Waals surface area (Å²) >= 11 is 0. The molecule has 0 aliphatic carbocycles. The number of rotatable bonds is 1. The second-order valence-electron chi connectivity index (χ2n) is 3.19. The fourth-order valence-electron chi connectivity index (χ4n) is 1.52. The molecular formula is C9H15N. The van der Waals surface area contributed by atoms with Crippen LogP contribution in [0, 0.1) is 18.3 Å². The summed E-state index contributed by atoms with van der Waals surface area (Å²) in [7, 11) is 0. The summed E-state index contributed by atoms with van der Waals surface area (Å²) in [5.41, 5.74) is 0. The third kappa shape index (κ3) is 2.04. The van der Waals surface area contributed by atoms with Crippen molar-refractivity contribution in [2.75, 3.05) is 6.54 Å². The fraction of sp³-hybridized carbons (Fsp3) is 0.778. The second-order valence-corrected chi connectivity index (χ2v) is 3.19. The van der Waals surface area contributed by atoms with E-state index < -0.39 is 0 Å². The molecule has 1 nitrogen and oxygen atoms in total. The van der Waals surface area contributed by atoms with Gasteiger partial charge in [0.2, 0.25) is 0 Å². The third-order valence-electron chi connectivity index (χ3n) is 2.12.